The third-order valence-electron chi connectivity index (χ3n) is 5.22. The summed E-state index contributed by atoms with van der Waals surface area (Å²) < 4.78 is 0. The highest BCUT2D eigenvalue weighted by Gasteiger charge is 2.44. The molecule has 1 fully saturated rings. The SMILES string of the molecule is CC1CCC(C)C(C(=O)Nc2nc(-c3ccc(Cl)cc3Cl)cs2)C1C(=O)O. The molecule has 0 bridgehead atoms. The summed E-state index contributed by atoms with van der Waals surface area (Å²) in [5.41, 5.74) is 1.36. The van der Waals surface area contributed by atoms with Gasteiger partial charge in [-0.25, -0.2) is 4.98 Å². The van der Waals surface area contributed by atoms with Gasteiger partial charge < -0.3 is 10.4 Å². The van der Waals surface area contributed by atoms with Gasteiger partial charge in [-0.05, 0) is 42.9 Å². The third kappa shape index (κ3) is 4.28. The Morgan fingerprint density at radius 2 is 1.85 bits per heavy atom. The molecule has 0 spiro atoms. The van der Waals surface area contributed by atoms with Crippen molar-refractivity contribution in [2.45, 2.75) is 26.7 Å². The monoisotopic (exact) mass is 426 g/mol. The summed E-state index contributed by atoms with van der Waals surface area (Å²) in [6, 6.07) is 5.14. The van der Waals surface area contributed by atoms with Gasteiger partial charge in [-0.2, -0.15) is 0 Å². The summed E-state index contributed by atoms with van der Waals surface area (Å²) in [6.45, 7) is 3.84. The molecule has 2 aromatic rings. The molecular formula is C19H20Cl2N2O3S. The Morgan fingerprint density at radius 3 is 2.48 bits per heavy atom. The molecule has 3 rings (SSSR count). The van der Waals surface area contributed by atoms with Gasteiger partial charge in [-0.15, -0.1) is 11.3 Å². The quantitative estimate of drug-likeness (QED) is 0.681. The first-order chi connectivity index (χ1) is 12.8. The number of thiazole rings is 1. The van der Waals surface area contributed by atoms with E-state index in [2.05, 4.69) is 10.3 Å². The summed E-state index contributed by atoms with van der Waals surface area (Å²) in [6.07, 6.45) is 1.66. The average Bonchev–Trinajstić information content (AvgIpc) is 3.04. The lowest BCUT2D eigenvalue weighted by molar-refractivity contribution is -0.152. The molecule has 1 heterocycles. The predicted molar refractivity (Wildman–Crippen MR) is 108 cm³/mol. The van der Waals surface area contributed by atoms with Crippen molar-refractivity contribution in [3.63, 3.8) is 0 Å². The zero-order valence-corrected chi connectivity index (χ0v) is 17.2. The maximum atomic E-state index is 12.8. The van der Waals surface area contributed by atoms with Crippen molar-refractivity contribution in [3.8, 4) is 11.3 Å². The van der Waals surface area contributed by atoms with Gasteiger partial charge in [-0.1, -0.05) is 37.0 Å². The highest BCUT2D eigenvalue weighted by molar-refractivity contribution is 7.14. The lowest BCUT2D eigenvalue weighted by atomic mass is 9.67. The minimum Gasteiger partial charge on any atom is -0.481 e. The van der Waals surface area contributed by atoms with Crippen LogP contribution in [0, 0.1) is 23.7 Å². The van der Waals surface area contributed by atoms with E-state index in [0.717, 1.165) is 18.4 Å². The Bertz CT molecular complexity index is 870. The molecule has 0 radical (unpaired) electrons. The van der Waals surface area contributed by atoms with Crippen molar-refractivity contribution < 1.29 is 14.7 Å². The molecule has 1 amide bonds. The highest BCUT2D eigenvalue weighted by Crippen LogP contribution is 2.40. The second-order valence-corrected chi connectivity index (χ2v) is 8.77. The van der Waals surface area contributed by atoms with E-state index in [-0.39, 0.29) is 17.7 Å². The number of carbonyl (C=O) groups is 2. The number of hydrogen-bond donors (Lipinski definition) is 2. The molecule has 1 aromatic carbocycles. The molecule has 0 saturated heterocycles. The van der Waals surface area contributed by atoms with Crippen molar-refractivity contribution in [1.82, 2.24) is 4.98 Å². The Balaban J connectivity index is 1.80. The molecule has 1 aromatic heterocycles. The van der Waals surface area contributed by atoms with Gasteiger partial charge in [0.05, 0.1) is 22.6 Å². The number of hydrogen-bond acceptors (Lipinski definition) is 4. The third-order valence-corrected chi connectivity index (χ3v) is 6.53. The van der Waals surface area contributed by atoms with Crippen molar-refractivity contribution in [2.24, 2.45) is 23.7 Å². The summed E-state index contributed by atoms with van der Waals surface area (Å²) >= 11 is 13.4. The molecule has 0 aliphatic heterocycles. The van der Waals surface area contributed by atoms with Crippen molar-refractivity contribution in [3.05, 3.63) is 33.6 Å². The molecule has 8 heteroatoms. The number of anilines is 1. The Hall–Kier alpha value is -1.63. The minimum absolute atomic E-state index is 0.00689. The number of aromatic nitrogens is 1. The van der Waals surface area contributed by atoms with E-state index in [0.29, 0.717) is 20.9 Å². The lowest BCUT2D eigenvalue weighted by Gasteiger charge is -2.37. The van der Waals surface area contributed by atoms with Crippen LogP contribution in [-0.4, -0.2) is 22.0 Å². The van der Waals surface area contributed by atoms with E-state index in [1.165, 1.54) is 11.3 Å². The summed E-state index contributed by atoms with van der Waals surface area (Å²) in [5, 5.41) is 15.6. The molecule has 1 aliphatic rings. The van der Waals surface area contributed by atoms with Crippen molar-refractivity contribution >= 4 is 51.5 Å². The van der Waals surface area contributed by atoms with Crippen LogP contribution in [0.4, 0.5) is 5.13 Å². The zero-order valence-electron chi connectivity index (χ0n) is 14.9. The molecule has 4 unspecified atom stereocenters. The summed E-state index contributed by atoms with van der Waals surface area (Å²) in [5.74, 6) is -2.48. The largest absolute Gasteiger partial charge is 0.481 e. The van der Waals surface area contributed by atoms with Crippen LogP contribution in [0.15, 0.2) is 23.6 Å². The number of halogens is 2. The number of amides is 1. The maximum absolute atomic E-state index is 12.8. The van der Waals surface area contributed by atoms with Gasteiger partial charge in [0.2, 0.25) is 5.91 Å². The zero-order chi connectivity index (χ0) is 19.7. The lowest BCUT2D eigenvalue weighted by Crippen LogP contribution is -2.44. The van der Waals surface area contributed by atoms with Gasteiger partial charge in [0, 0.05) is 16.0 Å². The Morgan fingerprint density at radius 1 is 1.19 bits per heavy atom. The van der Waals surface area contributed by atoms with Crippen LogP contribution in [0.25, 0.3) is 11.3 Å². The number of nitrogens with one attached hydrogen (secondary N) is 1. The van der Waals surface area contributed by atoms with Gasteiger partial charge in [0.15, 0.2) is 5.13 Å². The second kappa shape index (κ2) is 8.17. The minimum atomic E-state index is -0.915. The first-order valence-electron chi connectivity index (χ1n) is 8.72. The van der Waals surface area contributed by atoms with Gasteiger partial charge in [0.1, 0.15) is 0 Å². The summed E-state index contributed by atoms with van der Waals surface area (Å²) in [4.78, 5) is 29.0. The normalized spacial score (nSPS) is 25.2. The maximum Gasteiger partial charge on any atom is 0.307 e. The number of benzene rings is 1. The first kappa shape index (κ1) is 20.1. The van der Waals surface area contributed by atoms with Crippen LogP contribution in [-0.2, 0) is 9.59 Å². The van der Waals surface area contributed by atoms with Crippen LogP contribution in [0.2, 0.25) is 10.0 Å². The Labute approximate surface area is 171 Å². The van der Waals surface area contributed by atoms with Crippen molar-refractivity contribution in [2.75, 3.05) is 5.32 Å². The molecule has 2 N–H and O–H groups in total. The van der Waals surface area contributed by atoms with Crippen LogP contribution in [0.1, 0.15) is 26.7 Å². The van der Waals surface area contributed by atoms with Crippen LogP contribution in [0.5, 0.6) is 0 Å². The number of carboxylic acid groups (broad SMARTS) is 1. The standard InChI is InChI=1S/C19H20Cl2N2O3S/c1-9-3-4-10(2)16(18(25)26)15(9)17(24)23-19-22-14(8-27-19)12-6-5-11(20)7-13(12)21/h5-10,15-16H,3-4H2,1-2H3,(H,25,26)(H,22,23,24). The molecule has 1 aliphatic carbocycles. The smallest absolute Gasteiger partial charge is 0.307 e. The number of rotatable bonds is 4. The van der Waals surface area contributed by atoms with Gasteiger partial charge in [-0.3, -0.25) is 9.59 Å². The molecule has 1 saturated carbocycles. The number of nitrogens with zero attached hydrogens (tertiary/aromatic N) is 1. The second-order valence-electron chi connectivity index (χ2n) is 7.07. The van der Waals surface area contributed by atoms with E-state index in [9.17, 15) is 14.7 Å². The number of carbonyl (C=O) groups excluding carboxylic acids is 1. The molecule has 144 valence electrons. The average molecular weight is 427 g/mol. The van der Waals surface area contributed by atoms with E-state index >= 15 is 0 Å². The van der Waals surface area contributed by atoms with Crippen molar-refractivity contribution in [1.29, 1.82) is 0 Å². The molecule has 4 atom stereocenters. The van der Waals surface area contributed by atoms with Gasteiger partial charge >= 0.3 is 5.97 Å². The number of carboxylic acids is 1. The van der Waals surface area contributed by atoms with Crippen LogP contribution < -0.4 is 5.32 Å². The van der Waals surface area contributed by atoms with E-state index in [4.69, 9.17) is 23.2 Å². The fourth-order valence-electron chi connectivity index (χ4n) is 3.75. The summed E-state index contributed by atoms with van der Waals surface area (Å²) in [7, 11) is 0. The molecule has 27 heavy (non-hydrogen) atoms. The first-order valence-corrected chi connectivity index (χ1v) is 10.4. The molecule has 5 nitrogen and oxygen atoms in total. The van der Waals surface area contributed by atoms with E-state index in [1.807, 2.05) is 13.8 Å². The fourth-order valence-corrected chi connectivity index (χ4v) is 4.97. The van der Waals surface area contributed by atoms with Gasteiger partial charge in [0.25, 0.3) is 0 Å². The topological polar surface area (TPSA) is 79.3 Å². The van der Waals surface area contributed by atoms with Crippen LogP contribution >= 0.6 is 34.5 Å². The fraction of sp³-hybridized carbons (Fsp3) is 0.421. The van der Waals surface area contributed by atoms with E-state index < -0.39 is 17.8 Å². The molecular weight excluding hydrogens is 407 g/mol. The predicted octanol–water partition coefficient (Wildman–Crippen LogP) is 5.44. The number of aliphatic carboxylic acids is 1. The van der Waals surface area contributed by atoms with E-state index in [1.54, 1.807) is 23.6 Å². The Kier molecular flexibility index (Phi) is 6.08. The van der Waals surface area contributed by atoms with Crippen LogP contribution in [0.3, 0.4) is 0 Å². The highest BCUT2D eigenvalue weighted by atomic mass is 35.5.